The minimum Gasteiger partial charge on any atom is -0.396 e. The van der Waals surface area contributed by atoms with Crippen molar-refractivity contribution in [2.75, 3.05) is 31.6 Å². The maximum atomic E-state index is 9.46. The van der Waals surface area contributed by atoms with Crippen LogP contribution in [-0.2, 0) is 32.4 Å². The van der Waals surface area contributed by atoms with Gasteiger partial charge in [0, 0.05) is 43.7 Å². The molecule has 4 heterocycles. The Hall–Kier alpha value is -3.22. The van der Waals surface area contributed by atoms with Gasteiger partial charge in [0.1, 0.15) is 11.3 Å². The lowest BCUT2D eigenvalue weighted by Crippen LogP contribution is -2.34. The fourth-order valence-electron chi connectivity index (χ4n) is 6.58. The SMILES string of the molecule is CCc1nc2c(C)cc(C)nc2n1Cc1ccc2c(c1)CCc1cc(CN3CCC(CO)CC3)ccc1N2C. The van der Waals surface area contributed by atoms with Crippen molar-refractivity contribution < 1.29 is 5.11 Å². The molecule has 6 nitrogen and oxygen atoms in total. The Morgan fingerprint density at radius 1 is 0.872 bits per heavy atom. The van der Waals surface area contributed by atoms with Crippen molar-refractivity contribution >= 4 is 22.5 Å². The van der Waals surface area contributed by atoms with Gasteiger partial charge in [-0.1, -0.05) is 31.2 Å². The molecule has 2 aliphatic heterocycles. The molecule has 0 radical (unpaired) electrons. The van der Waals surface area contributed by atoms with Gasteiger partial charge in [0.05, 0.1) is 6.54 Å². The first-order valence-corrected chi connectivity index (χ1v) is 14.6. The van der Waals surface area contributed by atoms with Crippen LogP contribution in [0.1, 0.15) is 59.1 Å². The second-order valence-electron chi connectivity index (χ2n) is 11.6. The van der Waals surface area contributed by atoms with Crippen LogP contribution >= 0.6 is 0 Å². The van der Waals surface area contributed by atoms with Crippen LogP contribution in [0.25, 0.3) is 11.2 Å². The number of nitrogens with zero attached hydrogens (tertiary/aromatic N) is 5. The first-order valence-electron chi connectivity index (χ1n) is 14.6. The fourth-order valence-corrected chi connectivity index (χ4v) is 6.58. The van der Waals surface area contributed by atoms with E-state index in [-0.39, 0.29) is 0 Å². The molecule has 0 saturated carbocycles. The van der Waals surface area contributed by atoms with Gasteiger partial charge >= 0.3 is 0 Å². The van der Waals surface area contributed by atoms with Crippen molar-refractivity contribution in [3.05, 3.63) is 81.8 Å². The Kier molecular flexibility index (Phi) is 7.17. The molecule has 2 aromatic heterocycles. The summed E-state index contributed by atoms with van der Waals surface area (Å²) in [5.74, 6) is 1.58. The molecule has 0 aliphatic carbocycles. The van der Waals surface area contributed by atoms with E-state index < -0.39 is 0 Å². The lowest BCUT2D eigenvalue weighted by atomic mass is 9.97. The molecule has 4 aromatic rings. The Bertz CT molecular complexity index is 1500. The Morgan fingerprint density at radius 3 is 2.13 bits per heavy atom. The van der Waals surface area contributed by atoms with E-state index >= 15 is 0 Å². The summed E-state index contributed by atoms with van der Waals surface area (Å²) in [6.45, 7) is 10.7. The van der Waals surface area contributed by atoms with E-state index in [9.17, 15) is 5.11 Å². The molecule has 1 fully saturated rings. The number of hydrogen-bond donors (Lipinski definition) is 1. The Morgan fingerprint density at radius 2 is 1.51 bits per heavy atom. The van der Waals surface area contributed by atoms with Gasteiger partial charge in [-0.3, -0.25) is 4.90 Å². The smallest absolute Gasteiger partial charge is 0.160 e. The minimum atomic E-state index is 0.330. The van der Waals surface area contributed by atoms with Gasteiger partial charge in [-0.2, -0.15) is 0 Å². The van der Waals surface area contributed by atoms with E-state index in [0.717, 1.165) is 81.0 Å². The molecule has 0 unspecified atom stereocenters. The van der Waals surface area contributed by atoms with Gasteiger partial charge in [0.15, 0.2) is 5.65 Å². The van der Waals surface area contributed by atoms with Gasteiger partial charge in [0.25, 0.3) is 0 Å². The number of pyridine rings is 1. The van der Waals surface area contributed by atoms with Crippen molar-refractivity contribution in [3.8, 4) is 0 Å². The third-order valence-corrected chi connectivity index (χ3v) is 8.80. The second-order valence-corrected chi connectivity index (χ2v) is 11.6. The van der Waals surface area contributed by atoms with E-state index in [1.807, 2.05) is 0 Å². The number of aromatic nitrogens is 3. The Balaban J connectivity index is 1.23. The third-order valence-electron chi connectivity index (χ3n) is 8.80. The summed E-state index contributed by atoms with van der Waals surface area (Å²) in [5, 5.41) is 9.46. The van der Waals surface area contributed by atoms with E-state index in [1.54, 1.807) is 0 Å². The summed E-state index contributed by atoms with van der Waals surface area (Å²) < 4.78 is 2.31. The number of hydrogen-bond acceptors (Lipinski definition) is 5. The first-order chi connectivity index (χ1) is 18.9. The number of rotatable bonds is 6. The van der Waals surface area contributed by atoms with Gasteiger partial charge in [-0.15, -0.1) is 0 Å². The zero-order chi connectivity index (χ0) is 27.1. The normalized spacial score (nSPS) is 16.4. The van der Waals surface area contributed by atoms with Crippen LogP contribution < -0.4 is 4.90 Å². The van der Waals surface area contributed by atoms with Crippen LogP contribution in [0.3, 0.4) is 0 Å². The lowest BCUT2D eigenvalue weighted by Gasteiger charge is -2.31. The number of aliphatic hydroxyl groups is 1. The highest BCUT2D eigenvalue weighted by Crippen LogP contribution is 2.36. The topological polar surface area (TPSA) is 57.4 Å². The van der Waals surface area contributed by atoms with Crippen molar-refractivity contribution in [2.45, 2.75) is 66.0 Å². The highest BCUT2D eigenvalue weighted by atomic mass is 16.3. The highest BCUT2D eigenvalue weighted by Gasteiger charge is 2.22. The van der Waals surface area contributed by atoms with E-state index in [2.05, 4.69) is 84.7 Å². The monoisotopic (exact) mass is 523 g/mol. The largest absolute Gasteiger partial charge is 0.396 e. The molecule has 6 heteroatoms. The van der Waals surface area contributed by atoms with Gasteiger partial charge < -0.3 is 14.6 Å². The number of fused-ring (bicyclic) bond motifs is 3. The lowest BCUT2D eigenvalue weighted by molar-refractivity contribution is 0.127. The van der Waals surface area contributed by atoms with Crippen LogP contribution in [-0.4, -0.2) is 51.3 Å². The fraction of sp³-hybridized carbons (Fsp3) is 0.455. The van der Waals surface area contributed by atoms with Crippen LogP contribution in [0, 0.1) is 19.8 Å². The molecule has 2 aromatic carbocycles. The first kappa shape index (κ1) is 26.0. The van der Waals surface area contributed by atoms with Crippen molar-refractivity contribution in [1.82, 2.24) is 19.4 Å². The maximum Gasteiger partial charge on any atom is 0.160 e. The van der Waals surface area contributed by atoms with E-state index in [0.29, 0.717) is 12.5 Å². The quantitative estimate of drug-likeness (QED) is 0.350. The number of anilines is 2. The summed E-state index contributed by atoms with van der Waals surface area (Å²) in [4.78, 5) is 14.7. The number of piperidine rings is 1. The molecule has 0 amide bonds. The van der Waals surface area contributed by atoms with Gasteiger partial charge in [-0.05, 0) is 105 Å². The van der Waals surface area contributed by atoms with Crippen LogP contribution in [0.15, 0.2) is 42.5 Å². The van der Waals surface area contributed by atoms with Crippen LogP contribution in [0.2, 0.25) is 0 Å². The molecule has 1 N–H and O–H groups in total. The summed E-state index contributed by atoms with van der Waals surface area (Å²) in [6, 6.07) is 16.2. The summed E-state index contributed by atoms with van der Waals surface area (Å²) in [6.07, 6.45) is 5.18. The summed E-state index contributed by atoms with van der Waals surface area (Å²) in [5.41, 5.74) is 12.4. The Labute approximate surface area is 232 Å². The highest BCUT2D eigenvalue weighted by molar-refractivity contribution is 5.76. The summed E-state index contributed by atoms with van der Waals surface area (Å²) >= 11 is 0. The standard InChI is InChI=1S/C33H41N5O/c1-5-31-35-32-22(2)16-23(3)34-33(32)38(31)20-26-7-11-30-28(18-26)9-8-27-17-25(6-10-29(27)36(30)4)19-37-14-12-24(21-39)13-15-37/h6-7,10-11,16-18,24,39H,5,8-9,12-15,19-21H2,1-4H3. The van der Waals surface area contributed by atoms with Crippen molar-refractivity contribution in [1.29, 1.82) is 0 Å². The predicted molar refractivity (Wildman–Crippen MR) is 159 cm³/mol. The van der Waals surface area contributed by atoms with Crippen molar-refractivity contribution in [3.63, 3.8) is 0 Å². The molecule has 204 valence electrons. The average molecular weight is 524 g/mol. The number of imidazole rings is 1. The van der Waals surface area contributed by atoms with Crippen molar-refractivity contribution in [2.24, 2.45) is 5.92 Å². The molecular formula is C33H41N5O. The van der Waals surface area contributed by atoms with Gasteiger partial charge in [-0.25, -0.2) is 9.97 Å². The molecule has 0 spiro atoms. The number of aliphatic hydroxyl groups excluding tert-OH is 1. The number of likely N-dealkylation sites (tertiary alicyclic amines) is 1. The molecule has 0 atom stereocenters. The molecular weight excluding hydrogens is 482 g/mol. The molecule has 2 aliphatic rings. The number of aryl methyl sites for hydroxylation is 5. The molecule has 1 saturated heterocycles. The number of benzene rings is 2. The third kappa shape index (κ3) is 5.08. The van der Waals surface area contributed by atoms with E-state index in [1.165, 1.54) is 39.2 Å². The summed E-state index contributed by atoms with van der Waals surface area (Å²) in [7, 11) is 2.20. The average Bonchev–Trinajstić information content (AvgIpc) is 3.22. The second kappa shape index (κ2) is 10.7. The minimum absolute atomic E-state index is 0.330. The van der Waals surface area contributed by atoms with Gasteiger partial charge in [0.2, 0.25) is 0 Å². The zero-order valence-corrected chi connectivity index (χ0v) is 23.9. The van der Waals surface area contributed by atoms with Crippen LogP contribution in [0.5, 0.6) is 0 Å². The molecule has 39 heavy (non-hydrogen) atoms. The van der Waals surface area contributed by atoms with Crippen LogP contribution in [0.4, 0.5) is 11.4 Å². The van der Waals surface area contributed by atoms with E-state index in [4.69, 9.17) is 9.97 Å². The zero-order valence-electron chi connectivity index (χ0n) is 23.9. The molecule has 0 bridgehead atoms. The maximum absolute atomic E-state index is 9.46. The predicted octanol–water partition coefficient (Wildman–Crippen LogP) is 5.73. The molecule has 6 rings (SSSR count).